The van der Waals surface area contributed by atoms with Gasteiger partial charge in [0.15, 0.2) is 0 Å². The predicted octanol–water partition coefficient (Wildman–Crippen LogP) is -0.932. The van der Waals surface area contributed by atoms with Crippen molar-refractivity contribution in [3.05, 3.63) is 89.5 Å². The van der Waals surface area contributed by atoms with Crippen LogP contribution in [0, 0.1) is 5.92 Å². The number of alkyl carbamates (subject to hydrolysis) is 1. The lowest BCUT2D eigenvalue weighted by Gasteiger charge is -2.27. The molecule has 0 spiro atoms. The van der Waals surface area contributed by atoms with E-state index in [9.17, 15) is 68.4 Å². The average Bonchev–Trinajstić information content (AvgIpc) is 3.68. The highest BCUT2D eigenvalue weighted by atomic mass is 16.5. The molecule has 0 saturated carbocycles. The summed E-state index contributed by atoms with van der Waals surface area (Å²) >= 11 is 0. The van der Waals surface area contributed by atoms with Gasteiger partial charge in [-0.25, -0.2) is 9.59 Å². The number of ether oxygens (including phenoxy) is 1. The Bertz CT molecular complexity index is 2480. The number of aliphatic hydroxyl groups is 2. The van der Waals surface area contributed by atoms with Gasteiger partial charge >= 0.3 is 12.1 Å². The monoisotopic (exact) mass is 1050 g/mol. The fourth-order valence-corrected chi connectivity index (χ4v) is 8.14. The maximum absolute atomic E-state index is 14.0. The van der Waals surface area contributed by atoms with Crippen molar-refractivity contribution in [1.82, 2.24) is 42.5 Å². The number of amides is 9. The first kappa shape index (κ1) is 59.4. The second-order valence-corrected chi connectivity index (χ2v) is 18.4. The van der Waals surface area contributed by atoms with E-state index in [0.29, 0.717) is 5.56 Å². The second-order valence-electron chi connectivity index (χ2n) is 18.4. The van der Waals surface area contributed by atoms with E-state index in [1.807, 2.05) is 48.5 Å². The van der Waals surface area contributed by atoms with Crippen molar-refractivity contribution in [1.29, 1.82) is 0 Å². The summed E-state index contributed by atoms with van der Waals surface area (Å²) in [6.45, 7) is 4.01. The molecule has 0 unspecified atom stereocenters. The number of primary amides is 1. The first-order valence-corrected chi connectivity index (χ1v) is 24.3. The third-order valence-electron chi connectivity index (χ3n) is 12.0. The van der Waals surface area contributed by atoms with E-state index in [2.05, 4.69) is 42.5 Å². The summed E-state index contributed by atoms with van der Waals surface area (Å²) in [6.07, 6.45) is -1.69. The van der Waals surface area contributed by atoms with Gasteiger partial charge in [-0.2, -0.15) is 0 Å². The smallest absolute Gasteiger partial charge is 0.407 e. The Hall–Kier alpha value is -8.12. The molecule has 7 atom stereocenters. The number of phenols is 1. The van der Waals surface area contributed by atoms with Gasteiger partial charge in [0.2, 0.25) is 47.3 Å². The Morgan fingerprint density at radius 1 is 0.600 bits per heavy atom. The van der Waals surface area contributed by atoms with Gasteiger partial charge in [0.25, 0.3) is 0 Å². The minimum absolute atomic E-state index is 0.0175. The summed E-state index contributed by atoms with van der Waals surface area (Å²) in [5.74, 6) is -9.37. The molecular formula is C51H67N9O15. The highest BCUT2D eigenvalue weighted by molar-refractivity contribution is 5.97. The van der Waals surface area contributed by atoms with Crippen molar-refractivity contribution < 1.29 is 73.1 Å². The highest BCUT2D eigenvalue weighted by Gasteiger charge is 2.34. The van der Waals surface area contributed by atoms with Gasteiger partial charge < -0.3 is 73.4 Å². The number of benzene rings is 3. The Morgan fingerprint density at radius 3 is 1.61 bits per heavy atom. The number of carboxylic acids is 1. The van der Waals surface area contributed by atoms with Crippen LogP contribution < -0.4 is 48.3 Å². The number of carboxylic acid groups (broad SMARTS) is 1. The summed E-state index contributed by atoms with van der Waals surface area (Å²) in [4.78, 5) is 129. The molecule has 75 heavy (non-hydrogen) atoms. The normalized spacial score (nSPS) is 14.4. The van der Waals surface area contributed by atoms with E-state index < -0.39 is 128 Å². The topological polar surface area (TPSA) is 383 Å². The van der Waals surface area contributed by atoms with Crippen molar-refractivity contribution in [2.24, 2.45) is 11.7 Å². The van der Waals surface area contributed by atoms with Gasteiger partial charge in [-0.3, -0.25) is 38.4 Å². The zero-order chi connectivity index (χ0) is 55.4. The number of hydrogen-bond donors (Lipinski definition) is 13. The number of hydrogen-bond acceptors (Lipinski definition) is 14. The Labute approximate surface area is 432 Å². The number of nitrogens with one attached hydrogen (secondary N) is 8. The Morgan fingerprint density at radius 2 is 1.08 bits per heavy atom. The fourth-order valence-electron chi connectivity index (χ4n) is 8.14. The number of rotatable bonds is 29. The van der Waals surface area contributed by atoms with Gasteiger partial charge in [0.1, 0.15) is 54.6 Å². The molecule has 3 aromatic carbocycles. The first-order chi connectivity index (χ1) is 35.6. The number of aliphatic hydroxyl groups excluding tert-OH is 2. The molecule has 24 nitrogen and oxygen atoms in total. The lowest BCUT2D eigenvalue weighted by molar-refractivity contribution is -0.143. The van der Waals surface area contributed by atoms with Crippen molar-refractivity contribution >= 4 is 59.3 Å². The van der Waals surface area contributed by atoms with Crippen molar-refractivity contribution in [3.63, 3.8) is 0 Å². The van der Waals surface area contributed by atoms with E-state index >= 15 is 0 Å². The van der Waals surface area contributed by atoms with Gasteiger partial charge in [-0.05, 0) is 78.5 Å². The van der Waals surface area contributed by atoms with Crippen LogP contribution in [0.1, 0.15) is 82.4 Å². The number of fused-ring (bicyclic) bond motifs is 3. The fraction of sp³-hybridized carbons (Fsp3) is 0.451. The SMILES string of the molecule is CC(=O)N[C@@H](CCCNC(=O)OCC1c2ccccc2-c2ccccc21)C(=O)N[C@@H](C)C(=O)N[C@@H](CO)C(=O)N[C@@H](Cc1ccc(O)cc1)C(=O)N[C@@H](CCC(N)=O)C(=O)N[C@@H](CO)C(=O)N[C@@H](CC(C)C)C(=O)O. The molecule has 406 valence electrons. The van der Waals surface area contributed by atoms with Crippen LogP contribution in [0.5, 0.6) is 5.75 Å². The zero-order valence-corrected chi connectivity index (χ0v) is 42.1. The third-order valence-corrected chi connectivity index (χ3v) is 12.0. The molecule has 0 bridgehead atoms. The van der Waals surface area contributed by atoms with Crippen molar-refractivity contribution in [2.45, 2.75) is 114 Å². The van der Waals surface area contributed by atoms with Crippen LogP contribution in [0.4, 0.5) is 4.79 Å². The van der Waals surface area contributed by atoms with Gasteiger partial charge in [-0.1, -0.05) is 74.5 Å². The Balaban J connectivity index is 1.37. The average molecular weight is 1050 g/mol. The van der Waals surface area contributed by atoms with Crippen molar-refractivity contribution in [3.8, 4) is 16.9 Å². The van der Waals surface area contributed by atoms with Gasteiger partial charge in [0, 0.05) is 32.2 Å². The zero-order valence-electron chi connectivity index (χ0n) is 42.1. The second kappa shape index (κ2) is 28.9. The molecule has 4 rings (SSSR count). The molecule has 0 aromatic heterocycles. The van der Waals surface area contributed by atoms with Gasteiger partial charge in [-0.15, -0.1) is 0 Å². The molecule has 3 aromatic rings. The standard InChI is InChI=1S/C51H67N9O15/c1-27(2)22-40(50(72)73)58-49(71)42(25-62)60-46(68)38(19-20-43(52)65)56-47(69)39(23-30-15-17-31(64)18-16-30)57-48(70)41(24-61)59-44(66)28(3)54-45(67)37(55-29(4)63)14-9-21-53-51(74)75-26-36-34-12-7-5-10-32(34)33-11-6-8-13-35(33)36/h5-8,10-13,15-18,27-28,36-42,61-62,64H,9,14,19-26H2,1-4H3,(H2,52,65)(H,53,74)(H,54,67)(H,55,63)(H,56,69)(H,57,70)(H,58,71)(H,59,66)(H,60,68)(H,72,73)/t28-,37-,38-,39-,40-,41-,42-/m0/s1. The van der Waals surface area contributed by atoms with Crippen LogP contribution in [0.3, 0.4) is 0 Å². The number of aromatic hydroxyl groups is 1. The van der Waals surface area contributed by atoms with Crippen LogP contribution in [0.2, 0.25) is 0 Å². The largest absolute Gasteiger partial charge is 0.508 e. The predicted molar refractivity (Wildman–Crippen MR) is 269 cm³/mol. The number of phenolic OH excluding ortho intramolecular Hbond substituents is 1. The van der Waals surface area contributed by atoms with E-state index in [0.717, 1.165) is 22.3 Å². The van der Waals surface area contributed by atoms with E-state index in [4.69, 9.17) is 10.5 Å². The van der Waals surface area contributed by atoms with Crippen LogP contribution in [0.25, 0.3) is 11.1 Å². The Kier molecular flexibility index (Phi) is 22.9. The van der Waals surface area contributed by atoms with Crippen LogP contribution >= 0.6 is 0 Å². The van der Waals surface area contributed by atoms with E-state index in [-0.39, 0.29) is 56.4 Å². The molecule has 0 aliphatic heterocycles. The molecule has 0 heterocycles. The maximum Gasteiger partial charge on any atom is 0.407 e. The van der Waals surface area contributed by atoms with Crippen LogP contribution in [-0.4, -0.2) is 148 Å². The van der Waals surface area contributed by atoms with E-state index in [1.165, 1.54) is 38.1 Å². The summed E-state index contributed by atoms with van der Waals surface area (Å²) in [5, 5.41) is 58.8. The number of carbonyl (C=O) groups excluding carboxylic acids is 9. The number of nitrogens with two attached hydrogens (primary N) is 1. The minimum atomic E-state index is -1.75. The molecule has 0 saturated heterocycles. The van der Waals surface area contributed by atoms with Gasteiger partial charge in [0.05, 0.1) is 13.2 Å². The molecule has 0 fully saturated rings. The quantitative estimate of drug-likeness (QED) is 0.0374. The summed E-state index contributed by atoms with van der Waals surface area (Å²) in [6, 6.07) is 10.5. The van der Waals surface area contributed by atoms with Crippen molar-refractivity contribution in [2.75, 3.05) is 26.4 Å². The molecular weight excluding hydrogens is 979 g/mol. The molecule has 9 amide bonds. The van der Waals surface area contributed by atoms with Crippen LogP contribution in [-0.2, 0) is 54.3 Å². The minimum Gasteiger partial charge on any atom is -0.508 e. The molecule has 1 aliphatic rings. The summed E-state index contributed by atoms with van der Waals surface area (Å²) in [5.41, 5.74) is 9.90. The molecule has 1 aliphatic carbocycles. The molecule has 0 radical (unpaired) electrons. The number of carbonyl (C=O) groups is 10. The summed E-state index contributed by atoms with van der Waals surface area (Å²) < 4.78 is 5.56. The first-order valence-electron chi connectivity index (χ1n) is 24.3. The summed E-state index contributed by atoms with van der Waals surface area (Å²) in [7, 11) is 0. The van der Waals surface area contributed by atoms with Crippen LogP contribution in [0.15, 0.2) is 72.8 Å². The third kappa shape index (κ3) is 18.4. The van der Waals surface area contributed by atoms with E-state index in [1.54, 1.807) is 13.8 Å². The maximum atomic E-state index is 14.0. The highest BCUT2D eigenvalue weighted by Crippen LogP contribution is 2.44. The number of aliphatic carboxylic acids is 1. The molecule has 24 heteroatoms. The lowest BCUT2D eigenvalue weighted by atomic mass is 9.98. The lowest BCUT2D eigenvalue weighted by Crippen LogP contribution is -2.61. The molecule has 14 N–H and O–H groups in total.